The van der Waals surface area contributed by atoms with Crippen LogP contribution < -0.4 is 4.74 Å². The van der Waals surface area contributed by atoms with Crippen molar-refractivity contribution in [3.8, 4) is 5.75 Å². The molecule has 0 aromatic heterocycles. The number of ether oxygens (including phenoxy) is 1. The van der Waals surface area contributed by atoms with Crippen LogP contribution in [0.15, 0.2) is 24.3 Å². The highest BCUT2D eigenvalue weighted by molar-refractivity contribution is 5.95. The Labute approximate surface area is 111 Å². The van der Waals surface area contributed by atoms with Crippen molar-refractivity contribution in [2.24, 2.45) is 5.92 Å². The molecule has 5 nitrogen and oxygen atoms in total. The van der Waals surface area contributed by atoms with Crippen molar-refractivity contribution >= 4 is 11.9 Å². The monoisotopic (exact) mass is 263 g/mol. The van der Waals surface area contributed by atoms with Crippen molar-refractivity contribution < 1.29 is 19.4 Å². The lowest BCUT2D eigenvalue weighted by Crippen LogP contribution is -2.42. The van der Waals surface area contributed by atoms with Crippen LogP contribution in [0, 0.1) is 5.92 Å². The number of methoxy groups -OCH3 is 1. The SMILES string of the molecule is COc1cccc(C(=O)N2CCC[C@@H](C(=O)O)C2)c1. The number of hydrogen-bond donors (Lipinski definition) is 1. The van der Waals surface area contributed by atoms with Crippen LogP contribution in [0.5, 0.6) is 5.75 Å². The fourth-order valence-corrected chi connectivity index (χ4v) is 2.30. The van der Waals surface area contributed by atoms with Gasteiger partial charge in [0.15, 0.2) is 0 Å². The number of amides is 1. The maximum absolute atomic E-state index is 12.3. The smallest absolute Gasteiger partial charge is 0.308 e. The van der Waals surface area contributed by atoms with Gasteiger partial charge < -0.3 is 14.7 Å². The van der Waals surface area contributed by atoms with Crippen LogP contribution >= 0.6 is 0 Å². The van der Waals surface area contributed by atoms with Gasteiger partial charge in [-0.15, -0.1) is 0 Å². The predicted molar refractivity (Wildman–Crippen MR) is 69.3 cm³/mol. The molecule has 1 heterocycles. The van der Waals surface area contributed by atoms with Crippen molar-refractivity contribution in [1.82, 2.24) is 4.90 Å². The van der Waals surface area contributed by atoms with Gasteiger partial charge in [0.05, 0.1) is 13.0 Å². The Morgan fingerprint density at radius 2 is 2.21 bits per heavy atom. The lowest BCUT2D eigenvalue weighted by Gasteiger charge is -2.30. The summed E-state index contributed by atoms with van der Waals surface area (Å²) in [5.41, 5.74) is 0.533. The second kappa shape index (κ2) is 5.73. The number of carbonyl (C=O) groups is 2. The zero-order valence-electron chi connectivity index (χ0n) is 10.8. The normalized spacial score (nSPS) is 19.0. The highest BCUT2D eigenvalue weighted by atomic mass is 16.5. The largest absolute Gasteiger partial charge is 0.497 e. The van der Waals surface area contributed by atoms with Crippen LogP contribution in [-0.2, 0) is 4.79 Å². The van der Waals surface area contributed by atoms with E-state index in [0.717, 1.165) is 6.42 Å². The van der Waals surface area contributed by atoms with Crippen molar-refractivity contribution in [2.45, 2.75) is 12.8 Å². The molecule has 0 aliphatic carbocycles. The van der Waals surface area contributed by atoms with Gasteiger partial charge in [-0.25, -0.2) is 0 Å². The van der Waals surface area contributed by atoms with Gasteiger partial charge >= 0.3 is 5.97 Å². The first-order valence-corrected chi connectivity index (χ1v) is 6.28. The molecule has 1 atom stereocenters. The molecule has 5 heteroatoms. The first-order chi connectivity index (χ1) is 9.11. The first-order valence-electron chi connectivity index (χ1n) is 6.28. The van der Waals surface area contributed by atoms with E-state index in [1.807, 2.05) is 0 Å². The molecule has 102 valence electrons. The van der Waals surface area contributed by atoms with Gasteiger partial charge in [-0.3, -0.25) is 9.59 Å². The molecule has 0 saturated carbocycles. The quantitative estimate of drug-likeness (QED) is 0.900. The minimum Gasteiger partial charge on any atom is -0.497 e. The number of aliphatic carboxylic acids is 1. The first kappa shape index (κ1) is 13.4. The number of piperidine rings is 1. The Bertz CT molecular complexity index is 486. The van der Waals surface area contributed by atoms with E-state index in [-0.39, 0.29) is 12.5 Å². The van der Waals surface area contributed by atoms with Crippen LogP contribution in [0.1, 0.15) is 23.2 Å². The number of rotatable bonds is 3. The molecule has 0 spiro atoms. The van der Waals surface area contributed by atoms with Crippen molar-refractivity contribution in [3.63, 3.8) is 0 Å². The standard InChI is InChI=1S/C14H17NO4/c1-19-12-6-2-4-10(8-12)13(16)15-7-3-5-11(9-15)14(17)18/h2,4,6,8,11H,3,5,7,9H2,1H3,(H,17,18)/t11-/m1/s1. The van der Waals surface area contributed by atoms with E-state index in [9.17, 15) is 9.59 Å². The van der Waals surface area contributed by atoms with Gasteiger partial charge in [-0.05, 0) is 31.0 Å². The summed E-state index contributed by atoms with van der Waals surface area (Å²) < 4.78 is 5.09. The van der Waals surface area contributed by atoms with Gasteiger partial charge in [0, 0.05) is 18.7 Å². The zero-order valence-corrected chi connectivity index (χ0v) is 10.8. The molecule has 1 aliphatic heterocycles. The highest BCUT2D eigenvalue weighted by Gasteiger charge is 2.28. The molecule has 1 fully saturated rings. The summed E-state index contributed by atoms with van der Waals surface area (Å²) in [6.07, 6.45) is 1.36. The summed E-state index contributed by atoms with van der Waals surface area (Å²) in [7, 11) is 1.55. The Morgan fingerprint density at radius 1 is 1.42 bits per heavy atom. The molecular formula is C14H17NO4. The van der Waals surface area contributed by atoms with Gasteiger partial charge in [-0.1, -0.05) is 6.07 Å². The predicted octanol–water partition coefficient (Wildman–Crippen LogP) is 1.63. The molecule has 2 rings (SSSR count). The van der Waals surface area contributed by atoms with Crippen molar-refractivity contribution in [2.75, 3.05) is 20.2 Å². The third-order valence-electron chi connectivity index (χ3n) is 3.37. The summed E-state index contributed by atoms with van der Waals surface area (Å²) in [6, 6.07) is 6.92. The third kappa shape index (κ3) is 3.05. The van der Waals surface area contributed by atoms with Crippen LogP contribution in [0.3, 0.4) is 0 Å². The molecular weight excluding hydrogens is 246 g/mol. The van der Waals surface area contributed by atoms with E-state index in [0.29, 0.717) is 24.3 Å². The number of hydrogen-bond acceptors (Lipinski definition) is 3. The molecule has 0 radical (unpaired) electrons. The Kier molecular flexibility index (Phi) is 4.04. The van der Waals surface area contributed by atoms with Crippen molar-refractivity contribution in [3.05, 3.63) is 29.8 Å². The van der Waals surface area contributed by atoms with E-state index in [1.165, 1.54) is 0 Å². The van der Waals surface area contributed by atoms with Crippen molar-refractivity contribution in [1.29, 1.82) is 0 Å². The van der Waals surface area contributed by atoms with Gasteiger partial charge in [0.25, 0.3) is 5.91 Å². The Morgan fingerprint density at radius 3 is 2.89 bits per heavy atom. The fraction of sp³-hybridized carbons (Fsp3) is 0.429. The zero-order chi connectivity index (χ0) is 13.8. The number of benzene rings is 1. The maximum atomic E-state index is 12.3. The third-order valence-corrected chi connectivity index (χ3v) is 3.37. The van der Waals surface area contributed by atoms with Crippen LogP contribution in [0.2, 0.25) is 0 Å². The highest BCUT2D eigenvalue weighted by Crippen LogP contribution is 2.20. The summed E-state index contributed by atoms with van der Waals surface area (Å²) >= 11 is 0. The molecule has 0 bridgehead atoms. The summed E-state index contributed by atoms with van der Waals surface area (Å²) in [5.74, 6) is -0.797. The average Bonchev–Trinajstić information content (AvgIpc) is 2.46. The number of carboxylic acids is 1. The van der Waals surface area contributed by atoms with E-state index in [4.69, 9.17) is 9.84 Å². The molecule has 1 amide bonds. The summed E-state index contributed by atoms with van der Waals surface area (Å²) in [4.78, 5) is 24.9. The number of carboxylic acid groups (broad SMARTS) is 1. The Hall–Kier alpha value is -2.04. The van der Waals surface area contributed by atoms with Gasteiger partial charge in [0.1, 0.15) is 5.75 Å². The van der Waals surface area contributed by atoms with Gasteiger partial charge in [0.2, 0.25) is 0 Å². The van der Waals surface area contributed by atoms with E-state index < -0.39 is 11.9 Å². The summed E-state index contributed by atoms with van der Waals surface area (Å²) in [5, 5.41) is 9.03. The second-order valence-electron chi connectivity index (χ2n) is 4.66. The average molecular weight is 263 g/mol. The topological polar surface area (TPSA) is 66.8 Å². The van der Waals surface area contributed by atoms with E-state index in [2.05, 4.69) is 0 Å². The maximum Gasteiger partial charge on any atom is 0.308 e. The molecule has 1 saturated heterocycles. The molecule has 1 aliphatic rings. The van der Waals surface area contributed by atoms with E-state index in [1.54, 1.807) is 36.3 Å². The van der Waals surface area contributed by atoms with Crippen LogP contribution in [0.4, 0.5) is 0 Å². The molecule has 0 unspecified atom stereocenters. The second-order valence-corrected chi connectivity index (χ2v) is 4.66. The lowest BCUT2D eigenvalue weighted by molar-refractivity contribution is -0.143. The number of likely N-dealkylation sites (tertiary alicyclic amines) is 1. The Balaban J connectivity index is 2.12. The van der Waals surface area contributed by atoms with Gasteiger partial charge in [-0.2, -0.15) is 0 Å². The van der Waals surface area contributed by atoms with Crippen LogP contribution in [0.25, 0.3) is 0 Å². The van der Waals surface area contributed by atoms with Crippen LogP contribution in [-0.4, -0.2) is 42.1 Å². The van der Waals surface area contributed by atoms with E-state index >= 15 is 0 Å². The molecule has 19 heavy (non-hydrogen) atoms. The minimum absolute atomic E-state index is 0.134. The lowest BCUT2D eigenvalue weighted by atomic mass is 9.97. The molecule has 1 aromatic rings. The number of nitrogens with zero attached hydrogens (tertiary/aromatic N) is 1. The molecule has 1 aromatic carbocycles. The number of carbonyl (C=O) groups excluding carboxylic acids is 1. The minimum atomic E-state index is -0.830. The fourth-order valence-electron chi connectivity index (χ4n) is 2.30. The molecule has 1 N–H and O–H groups in total. The summed E-state index contributed by atoms with van der Waals surface area (Å²) in [6.45, 7) is 0.894.